The number of guanidine groups is 1. The van der Waals surface area contributed by atoms with Crippen LogP contribution in [0.5, 0.6) is 0 Å². The SMILES string of the molecule is Cc1cnc(CCN=C(N)NC2CCCCCC2)s1.I. The van der Waals surface area contributed by atoms with Crippen LogP contribution >= 0.6 is 35.3 Å². The molecule has 0 spiro atoms. The number of halogens is 1. The fraction of sp³-hybridized carbons (Fsp3) is 0.714. The van der Waals surface area contributed by atoms with Crippen molar-refractivity contribution >= 4 is 41.3 Å². The average molecular weight is 408 g/mol. The quantitative estimate of drug-likeness (QED) is 0.348. The number of aliphatic imine (C=N–C) groups is 1. The summed E-state index contributed by atoms with van der Waals surface area (Å²) in [5.41, 5.74) is 5.95. The largest absolute Gasteiger partial charge is 0.370 e. The molecular weight excluding hydrogens is 383 g/mol. The molecule has 0 bridgehead atoms. The van der Waals surface area contributed by atoms with Gasteiger partial charge in [0.25, 0.3) is 0 Å². The molecule has 6 heteroatoms. The lowest BCUT2D eigenvalue weighted by Crippen LogP contribution is -2.40. The Balaban J connectivity index is 0.00000200. The van der Waals surface area contributed by atoms with Gasteiger partial charge in [0.2, 0.25) is 0 Å². The van der Waals surface area contributed by atoms with Crippen molar-refractivity contribution in [2.75, 3.05) is 6.54 Å². The topological polar surface area (TPSA) is 63.3 Å². The Morgan fingerprint density at radius 1 is 1.40 bits per heavy atom. The lowest BCUT2D eigenvalue weighted by atomic mass is 10.1. The summed E-state index contributed by atoms with van der Waals surface area (Å²) in [7, 11) is 0. The third-order valence-corrected chi connectivity index (χ3v) is 4.46. The van der Waals surface area contributed by atoms with Crippen LogP contribution < -0.4 is 11.1 Å². The van der Waals surface area contributed by atoms with Crippen LogP contribution in [-0.2, 0) is 6.42 Å². The molecule has 20 heavy (non-hydrogen) atoms. The Bertz CT molecular complexity index is 411. The van der Waals surface area contributed by atoms with Crippen LogP contribution in [0, 0.1) is 6.92 Å². The number of nitrogens with one attached hydrogen (secondary N) is 1. The van der Waals surface area contributed by atoms with Gasteiger partial charge in [0.15, 0.2) is 5.96 Å². The molecule has 3 N–H and O–H groups in total. The maximum atomic E-state index is 5.95. The molecule has 0 unspecified atom stereocenters. The molecule has 2 rings (SSSR count). The van der Waals surface area contributed by atoms with Gasteiger partial charge < -0.3 is 11.1 Å². The molecule has 1 aromatic rings. The molecule has 0 aromatic carbocycles. The highest BCUT2D eigenvalue weighted by atomic mass is 127. The summed E-state index contributed by atoms with van der Waals surface area (Å²) in [6, 6.07) is 0.522. The molecule has 1 aliphatic carbocycles. The molecule has 1 heterocycles. The smallest absolute Gasteiger partial charge is 0.188 e. The Hall–Kier alpha value is -0.370. The van der Waals surface area contributed by atoms with Gasteiger partial charge in [-0.1, -0.05) is 25.7 Å². The molecule has 1 aromatic heterocycles. The van der Waals surface area contributed by atoms with E-state index in [0.717, 1.165) is 18.0 Å². The summed E-state index contributed by atoms with van der Waals surface area (Å²) in [5.74, 6) is 0.597. The summed E-state index contributed by atoms with van der Waals surface area (Å²) in [6.45, 7) is 2.80. The first-order chi connectivity index (χ1) is 9.24. The third kappa shape index (κ3) is 6.39. The van der Waals surface area contributed by atoms with Gasteiger partial charge in [-0.15, -0.1) is 35.3 Å². The van der Waals surface area contributed by atoms with Crippen LogP contribution in [0.1, 0.15) is 48.4 Å². The van der Waals surface area contributed by atoms with Crippen molar-refractivity contribution < 1.29 is 0 Å². The van der Waals surface area contributed by atoms with Crippen LogP contribution in [0.25, 0.3) is 0 Å². The number of rotatable bonds is 4. The summed E-state index contributed by atoms with van der Waals surface area (Å²) in [4.78, 5) is 9.99. The normalized spacial score (nSPS) is 17.4. The minimum absolute atomic E-state index is 0. The minimum atomic E-state index is 0. The van der Waals surface area contributed by atoms with E-state index < -0.39 is 0 Å². The van der Waals surface area contributed by atoms with Crippen molar-refractivity contribution in [3.63, 3.8) is 0 Å². The molecule has 4 nitrogen and oxygen atoms in total. The summed E-state index contributed by atoms with van der Waals surface area (Å²) < 4.78 is 0. The molecule has 114 valence electrons. The van der Waals surface area contributed by atoms with Crippen LogP contribution in [0.4, 0.5) is 0 Å². The molecule has 0 atom stereocenters. The van der Waals surface area contributed by atoms with Gasteiger partial charge in [-0.25, -0.2) is 4.98 Å². The maximum Gasteiger partial charge on any atom is 0.188 e. The number of aryl methyl sites for hydroxylation is 1. The fourth-order valence-electron chi connectivity index (χ4n) is 2.47. The predicted molar refractivity (Wildman–Crippen MR) is 97.1 cm³/mol. The van der Waals surface area contributed by atoms with Crippen LogP contribution in [0.3, 0.4) is 0 Å². The van der Waals surface area contributed by atoms with E-state index >= 15 is 0 Å². The second-order valence-electron chi connectivity index (χ2n) is 5.21. The monoisotopic (exact) mass is 408 g/mol. The summed E-state index contributed by atoms with van der Waals surface area (Å²) >= 11 is 1.74. The van der Waals surface area contributed by atoms with Crippen molar-refractivity contribution in [2.24, 2.45) is 10.7 Å². The Labute approximate surface area is 142 Å². The van der Waals surface area contributed by atoms with Crippen molar-refractivity contribution in [2.45, 2.75) is 57.9 Å². The lowest BCUT2D eigenvalue weighted by molar-refractivity contribution is 0.530. The molecule has 0 amide bonds. The Morgan fingerprint density at radius 3 is 2.70 bits per heavy atom. The molecule has 0 aliphatic heterocycles. The zero-order chi connectivity index (χ0) is 13.5. The van der Waals surface area contributed by atoms with Crippen molar-refractivity contribution in [3.05, 3.63) is 16.1 Å². The van der Waals surface area contributed by atoms with Gasteiger partial charge in [-0.3, -0.25) is 4.99 Å². The van der Waals surface area contributed by atoms with E-state index in [9.17, 15) is 0 Å². The predicted octanol–water partition coefficient (Wildman–Crippen LogP) is 3.24. The van der Waals surface area contributed by atoms with Crippen molar-refractivity contribution in [1.82, 2.24) is 10.3 Å². The highest BCUT2D eigenvalue weighted by Gasteiger charge is 2.12. The van der Waals surface area contributed by atoms with E-state index in [2.05, 4.69) is 22.2 Å². The van der Waals surface area contributed by atoms with Gasteiger partial charge in [-0.05, 0) is 19.8 Å². The molecule has 0 radical (unpaired) electrons. The molecule has 1 fully saturated rings. The summed E-state index contributed by atoms with van der Waals surface area (Å²) in [5, 5.41) is 4.50. The van der Waals surface area contributed by atoms with E-state index in [1.54, 1.807) is 11.3 Å². The number of nitrogens with two attached hydrogens (primary N) is 1. The first-order valence-electron chi connectivity index (χ1n) is 7.22. The first kappa shape index (κ1) is 17.7. The second kappa shape index (κ2) is 9.55. The van der Waals surface area contributed by atoms with Gasteiger partial charge in [0.1, 0.15) is 0 Å². The number of nitrogens with zero attached hydrogens (tertiary/aromatic N) is 2. The molecule has 1 saturated carbocycles. The van der Waals surface area contributed by atoms with Gasteiger partial charge in [0, 0.05) is 30.1 Å². The average Bonchev–Trinajstić information content (AvgIpc) is 2.63. The maximum absolute atomic E-state index is 5.95. The van der Waals surface area contributed by atoms with Gasteiger partial charge in [0.05, 0.1) is 5.01 Å². The van der Waals surface area contributed by atoms with Crippen LogP contribution in [-0.4, -0.2) is 23.5 Å². The third-order valence-electron chi connectivity index (χ3n) is 3.48. The molecule has 0 saturated heterocycles. The van der Waals surface area contributed by atoms with Crippen molar-refractivity contribution in [1.29, 1.82) is 0 Å². The molecular formula is C14H25IN4S. The van der Waals surface area contributed by atoms with Gasteiger partial charge in [-0.2, -0.15) is 0 Å². The Morgan fingerprint density at radius 2 is 2.10 bits per heavy atom. The number of hydrogen-bond donors (Lipinski definition) is 2. The first-order valence-corrected chi connectivity index (χ1v) is 8.03. The van der Waals surface area contributed by atoms with E-state index in [-0.39, 0.29) is 24.0 Å². The number of thiazole rings is 1. The summed E-state index contributed by atoms with van der Waals surface area (Å²) in [6.07, 6.45) is 10.6. The molecule has 1 aliphatic rings. The Kier molecular flexibility index (Phi) is 8.44. The second-order valence-corrected chi connectivity index (χ2v) is 6.53. The lowest BCUT2D eigenvalue weighted by Gasteiger charge is -2.16. The number of hydrogen-bond acceptors (Lipinski definition) is 3. The van der Waals surface area contributed by atoms with Crippen LogP contribution in [0.2, 0.25) is 0 Å². The highest BCUT2D eigenvalue weighted by Crippen LogP contribution is 2.17. The van der Waals surface area contributed by atoms with E-state index in [4.69, 9.17) is 5.73 Å². The zero-order valence-electron chi connectivity index (χ0n) is 12.1. The van der Waals surface area contributed by atoms with Gasteiger partial charge >= 0.3 is 0 Å². The minimum Gasteiger partial charge on any atom is -0.370 e. The van der Waals surface area contributed by atoms with E-state index in [0.29, 0.717) is 12.0 Å². The standard InChI is InChI=1S/C14H24N4S.HI/c1-11-10-17-13(19-11)8-9-16-14(15)18-12-6-4-2-3-5-7-12;/h10,12H,2-9H2,1H3,(H3,15,16,18);1H. The fourth-order valence-corrected chi connectivity index (χ4v) is 3.24. The van der Waals surface area contributed by atoms with E-state index in [1.807, 2.05) is 6.20 Å². The van der Waals surface area contributed by atoms with Crippen molar-refractivity contribution in [3.8, 4) is 0 Å². The van der Waals surface area contributed by atoms with E-state index in [1.165, 1.54) is 43.4 Å². The zero-order valence-corrected chi connectivity index (χ0v) is 15.2. The highest BCUT2D eigenvalue weighted by molar-refractivity contribution is 14.0. The van der Waals surface area contributed by atoms with Crippen LogP contribution in [0.15, 0.2) is 11.2 Å². The number of aromatic nitrogens is 1.